The maximum atomic E-state index is 13.6. The van der Waals surface area contributed by atoms with Crippen LogP contribution in [0, 0.1) is 45.3 Å². The fourth-order valence-electron chi connectivity index (χ4n) is 7.65. The summed E-state index contributed by atoms with van der Waals surface area (Å²) >= 11 is 0. The zero-order valence-electron chi connectivity index (χ0n) is 35.7. The van der Waals surface area contributed by atoms with E-state index in [-0.39, 0.29) is 75.5 Å². The van der Waals surface area contributed by atoms with Crippen molar-refractivity contribution in [2.75, 3.05) is 46.1 Å². The number of esters is 4. The maximum Gasteiger partial charge on any atom is 0.311 e. The molecule has 0 aromatic rings. The van der Waals surface area contributed by atoms with E-state index in [1.54, 1.807) is 18.7 Å². The summed E-state index contributed by atoms with van der Waals surface area (Å²) in [6.07, 6.45) is -2.54. The van der Waals surface area contributed by atoms with Gasteiger partial charge in [-0.2, -0.15) is 0 Å². The van der Waals surface area contributed by atoms with Crippen LogP contribution in [0.4, 0.5) is 0 Å². The van der Waals surface area contributed by atoms with E-state index in [4.69, 9.17) is 18.9 Å². The highest BCUT2D eigenvalue weighted by atomic mass is 16.6. The van der Waals surface area contributed by atoms with Crippen LogP contribution in [0.15, 0.2) is 0 Å². The van der Waals surface area contributed by atoms with Crippen molar-refractivity contribution in [3.63, 3.8) is 0 Å². The van der Waals surface area contributed by atoms with Gasteiger partial charge in [-0.15, -0.1) is 0 Å². The molecule has 0 saturated carbocycles. The van der Waals surface area contributed by atoms with Crippen molar-refractivity contribution in [2.24, 2.45) is 45.3 Å². The molecule has 0 spiro atoms. The SMILES string of the molecule is C.C.C.C.C.CCC(C)(CC(C)(CC(C)(C)C(=O)OCC(O)COC(=O)C(C)C(CC(C)(C)C(C(=O)O)C(C)C(=O)O)C(=O)O)C(=O)OCC(O)CO)C(=O)OCCN1CCCC1=O. The molecule has 1 saturated heterocycles. The van der Waals surface area contributed by atoms with E-state index in [1.165, 1.54) is 48.5 Å². The number of amides is 1. The Morgan fingerprint density at radius 3 is 1.62 bits per heavy atom. The Hall–Kier alpha value is -4.36. The van der Waals surface area contributed by atoms with Crippen LogP contribution in [0.5, 0.6) is 0 Å². The summed E-state index contributed by atoms with van der Waals surface area (Å²) in [6, 6.07) is 0. The minimum Gasteiger partial charge on any atom is -0.481 e. The molecule has 1 aliphatic rings. The van der Waals surface area contributed by atoms with Gasteiger partial charge in [0.1, 0.15) is 38.6 Å². The molecule has 0 aliphatic carbocycles. The monoisotopic (exact) mass is 928 g/mol. The molecule has 378 valence electrons. The van der Waals surface area contributed by atoms with E-state index in [1.807, 2.05) is 0 Å². The Kier molecular flexibility index (Phi) is 31.4. The summed E-state index contributed by atoms with van der Waals surface area (Å²) in [7, 11) is 0. The average Bonchev–Trinajstić information content (AvgIpc) is 3.56. The number of likely N-dealkylation sites (tertiary alicyclic amines) is 1. The third-order valence-corrected chi connectivity index (χ3v) is 11.2. The minimum absolute atomic E-state index is 0. The van der Waals surface area contributed by atoms with Crippen LogP contribution in [0.1, 0.15) is 138 Å². The molecular weight excluding hydrogens is 842 g/mol. The Morgan fingerprint density at radius 1 is 0.672 bits per heavy atom. The van der Waals surface area contributed by atoms with Gasteiger partial charge in [0.15, 0.2) is 0 Å². The number of carbonyl (C=O) groups is 8. The highest BCUT2D eigenvalue weighted by Crippen LogP contribution is 2.46. The Balaban J connectivity index is -0.00000232. The second-order valence-corrected chi connectivity index (χ2v) is 17.5. The van der Waals surface area contributed by atoms with E-state index in [0.717, 1.165) is 0 Å². The first-order valence-corrected chi connectivity index (χ1v) is 19.7. The van der Waals surface area contributed by atoms with Gasteiger partial charge in [0.2, 0.25) is 5.91 Å². The third-order valence-electron chi connectivity index (χ3n) is 11.2. The van der Waals surface area contributed by atoms with Crippen LogP contribution in [-0.4, -0.2) is 142 Å². The number of aliphatic carboxylic acids is 3. The third kappa shape index (κ3) is 19.8. The normalized spacial score (nSPS) is 17.1. The van der Waals surface area contributed by atoms with Crippen LogP contribution in [0.25, 0.3) is 0 Å². The number of aliphatic hydroxyl groups excluding tert-OH is 3. The molecule has 6 N–H and O–H groups in total. The molecular formula is C45H85NO18. The van der Waals surface area contributed by atoms with Gasteiger partial charge in [-0.1, -0.05) is 71.8 Å². The fraction of sp³-hybridized carbons (Fsp3) is 0.822. The van der Waals surface area contributed by atoms with Crippen LogP contribution < -0.4 is 0 Å². The van der Waals surface area contributed by atoms with Crippen molar-refractivity contribution in [3.05, 3.63) is 0 Å². The molecule has 8 unspecified atom stereocenters. The highest BCUT2D eigenvalue weighted by Gasteiger charge is 2.50. The second kappa shape index (κ2) is 29.2. The largest absolute Gasteiger partial charge is 0.481 e. The van der Waals surface area contributed by atoms with E-state index in [2.05, 4.69) is 0 Å². The van der Waals surface area contributed by atoms with Crippen molar-refractivity contribution in [3.8, 4) is 0 Å². The minimum atomic E-state index is -1.60. The zero-order valence-corrected chi connectivity index (χ0v) is 35.7. The predicted octanol–water partition coefficient (Wildman–Crippen LogP) is 5.08. The number of aliphatic hydroxyl groups is 3. The van der Waals surface area contributed by atoms with Crippen molar-refractivity contribution >= 4 is 47.7 Å². The lowest BCUT2D eigenvalue weighted by Crippen LogP contribution is -2.45. The summed E-state index contributed by atoms with van der Waals surface area (Å²) in [4.78, 5) is 103. The summed E-state index contributed by atoms with van der Waals surface area (Å²) in [5.41, 5.74) is -5.78. The Morgan fingerprint density at radius 2 is 1.17 bits per heavy atom. The van der Waals surface area contributed by atoms with Gasteiger partial charge in [0, 0.05) is 13.0 Å². The predicted molar refractivity (Wildman–Crippen MR) is 239 cm³/mol. The lowest BCUT2D eigenvalue weighted by molar-refractivity contribution is -0.172. The van der Waals surface area contributed by atoms with Gasteiger partial charge in [0.05, 0.1) is 53.1 Å². The number of rotatable bonds is 27. The maximum absolute atomic E-state index is 13.6. The van der Waals surface area contributed by atoms with E-state index in [9.17, 15) is 69.0 Å². The van der Waals surface area contributed by atoms with Crippen LogP contribution in [0.3, 0.4) is 0 Å². The van der Waals surface area contributed by atoms with Gasteiger partial charge < -0.3 is 54.5 Å². The molecule has 64 heavy (non-hydrogen) atoms. The van der Waals surface area contributed by atoms with Crippen molar-refractivity contribution in [2.45, 2.75) is 150 Å². The van der Waals surface area contributed by atoms with Crippen LogP contribution in [0.2, 0.25) is 0 Å². The highest BCUT2D eigenvalue weighted by molar-refractivity contribution is 5.84. The van der Waals surface area contributed by atoms with Crippen molar-refractivity contribution in [1.82, 2.24) is 4.90 Å². The molecule has 0 radical (unpaired) electrons. The summed E-state index contributed by atoms with van der Waals surface area (Å²) in [6.45, 7) is 10.9. The molecule has 1 heterocycles. The molecule has 1 aliphatic heterocycles. The van der Waals surface area contributed by atoms with Gasteiger partial charge >= 0.3 is 41.8 Å². The standard InChI is InChI=1S/C40H65NO18.5CH4/c1-10-39(8,35(54)56-15-14-41-13-11-12-28(41)45)22-40(9,36(55)59-18-25(43)17-42)21-38(6,7)34(53)58-20-26(44)19-57-33(52)23(2)27(31(48)49)16-37(4,5)29(32(50)51)24(3)30(46)47;;;;;/h23-27,29,42-44H,10-22H2,1-9H3,(H,46,47)(H,48,49)(H,50,51);5*1H4. The number of nitrogens with zero attached hydrogens (tertiary/aromatic N) is 1. The molecule has 0 aromatic carbocycles. The molecule has 1 rings (SSSR count). The summed E-state index contributed by atoms with van der Waals surface area (Å²) < 4.78 is 21.3. The van der Waals surface area contributed by atoms with E-state index >= 15 is 0 Å². The summed E-state index contributed by atoms with van der Waals surface area (Å²) in [5, 5.41) is 58.7. The van der Waals surface area contributed by atoms with Gasteiger partial charge in [-0.3, -0.25) is 38.4 Å². The van der Waals surface area contributed by atoms with Gasteiger partial charge in [-0.25, -0.2) is 0 Å². The van der Waals surface area contributed by atoms with Crippen LogP contribution >= 0.6 is 0 Å². The smallest absolute Gasteiger partial charge is 0.311 e. The first kappa shape index (κ1) is 68.7. The second-order valence-electron chi connectivity index (χ2n) is 17.5. The van der Waals surface area contributed by atoms with Gasteiger partial charge in [0.25, 0.3) is 0 Å². The van der Waals surface area contributed by atoms with Crippen molar-refractivity contribution in [1.29, 1.82) is 0 Å². The number of carboxylic acid groups (broad SMARTS) is 3. The van der Waals surface area contributed by atoms with Crippen LogP contribution in [-0.2, 0) is 57.3 Å². The molecule has 19 heteroatoms. The molecule has 0 bridgehead atoms. The average molecular weight is 928 g/mol. The molecule has 8 atom stereocenters. The summed E-state index contributed by atoms with van der Waals surface area (Å²) in [5.74, 6) is -13.6. The Bertz CT molecular complexity index is 1510. The first-order chi connectivity index (χ1) is 27.1. The topological polar surface area (TPSA) is 298 Å². The molecule has 19 nitrogen and oxygen atoms in total. The molecule has 1 amide bonds. The number of ether oxygens (including phenoxy) is 4. The number of carbonyl (C=O) groups excluding carboxylic acids is 5. The molecule has 1 fully saturated rings. The number of carboxylic acids is 3. The Labute approximate surface area is 381 Å². The molecule has 0 aromatic heterocycles. The first-order valence-electron chi connectivity index (χ1n) is 19.7. The van der Waals surface area contributed by atoms with Gasteiger partial charge in [-0.05, 0) is 65.2 Å². The van der Waals surface area contributed by atoms with E-state index in [0.29, 0.717) is 19.4 Å². The zero-order chi connectivity index (χ0) is 45.7. The quantitative estimate of drug-likeness (QED) is 0.0462. The fourth-order valence-corrected chi connectivity index (χ4v) is 7.65. The van der Waals surface area contributed by atoms with E-state index < -0.39 is 132 Å². The van der Waals surface area contributed by atoms with Crippen molar-refractivity contribution < 1.29 is 87.9 Å². The number of hydrogen-bond acceptors (Lipinski definition) is 15. The lowest BCUT2D eigenvalue weighted by Gasteiger charge is -2.39. The lowest BCUT2D eigenvalue weighted by atomic mass is 9.65. The number of hydrogen-bond donors (Lipinski definition) is 6.